The van der Waals surface area contributed by atoms with E-state index in [9.17, 15) is 0 Å². The van der Waals surface area contributed by atoms with Crippen molar-refractivity contribution >= 4 is 24.1 Å². The summed E-state index contributed by atoms with van der Waals surface area (Å²) in [6, 6.07) is 23.6. The van der Waals surface area contributed by atoms with Crippen LogP contribution in [0.3, 0.4) is 0 Å². The van der Waals surface area contributed by atoms with E-state index in [-0.39, 0.29) is 7.92 Å². The molecule has 174 valence electrons. The molecule has 10 fully saturated rings. The van der Waals surface area contributed by atoms with Gasteiger partial charge in [-0.3, -0.25) is 0 Å². The van der Waals surface area contributed by atoms with Crippen molar-refractivity contribution in [3.05, 3.63) is 96.7 Å². The molecule has 1 aromatic heterocycles. The number of nitrogens with zero attached hydrogens (tertiary/aromatic N) is 1. The van der Waals surface area contributed by atoms with Gasteiger partial charge in [0.15, 0.2) is 0 Å². The van der Waals surface area contributed by atoms with E-state index >= 15 is 0 Å². The summed E-state index contributed by atoms with van der Waals surface area (Å²) < 4.78 is 7.78. The van der Waals surface area contributed by atoms with E-state index in [4.69, 9.17) is 9.40 Å². The molecule has 0 N–H and O–H groups in total. The van der Waals surface area contributed by atoms with Crippen LogP contribution in [0.4, 0.5) is 0 Å². The Kier molecular flexibility index (Phi) is 1.07. The van der Waals surface area contributed by atoms with E-state index in [1.807, 2.05) is 6.26 Å². The summed E-state index contributed by atoms with van der Waals surface area (Å²) >= 11 is 0. The van der Waals surface area contributed by atoms with Gasteiger partial charge in [-0.2, -0.15) is 0 Å². The van der Waals surface area contributed by atoms with Crippen molar-refractivity contribution in [2.75, 3.05) is 0 Å². The second-order valence-corrected chi connectivity index (χ2v) is 41.4. The van der Waals surface area contributed by atoms with Crippen LogP contribution in [0.5, 0.6) is 0 Å². The fourth-order valence-electron chi connectivity index (χ4n) is 20.7. The molecule has 10 saturated heterocycles. The van der Waals surface area contributed by atoms with Gasteiger partial charge in [0, 0.05) is 0 Å². The molecule has 4 heteroatoms. The molecule has 1 spiro atoms. The quantitative estimate of drug-likeness (QED) is 0.265. The Labute approximate surface area is 195 Å². The zero-order chi connectivity index (χ0) is 22.1. The third-order valence-corrected chi connectivity index (χ3v) is 68.9. The second kappa shape index (κ2) is 2.34. The number of aromatic nitrogens is 1. The maximum atomic E-state index is 6.75. The number of hydrogen-bond acceptors (Lipinski definition) is 2. The summed E-state index contributed by atoms with van der Waals surface area (Å²) in [7, 11) is -0.374. The van der Waals surface area contributed by atoms with E-state index in [0.29, 0.717) is 8.37 Å². The monoisotopic (exact) mass is 515 g/mol. The van der Waals surface area contributed by atoms with Crippen LogP contribution in [0.2, 0.25) is 38.5 Å². The average Bonchev–Trinajstić information content (AvgIpc) is 3.80. The van der Waals surface area contributed by atoms with Gasteiger partial charge in [0.1, 0.15) is 0 Å². The van der Waals surface area contributed by atoms with Crippen molar-refractivity contribution in [3.63, 3.8) is 0 Å². The van der Waals surface area contributed by atoms with Crippen molar-refractivity contribution < 1.29 is 10.9 Å². The Bertz CT molecular complexity index is 2010. The molecule has 14 rings (SSSR count). The van der Waals surface area contributed by atoms with E-state index in [2.05, 4.69) is 78.9 Å². The number of hydrogen-bond donors (Lipinski definition) is 0. The first kappa shape index (κ1) is 16.0. The molecule has 0 radical (unpaired) electrons. The van der Waals surface area contributed by atoms with Gasteiger partial charge in [-0.05, 0) is 0 Å². The minimum atomic E-state index is -3.84. The Hall–Kier alpha value is -1.92. The van der Waals surface area contributed by atoms with Crippen LogP contribution >= 0.6 is 7.92 Å². The average molecular weight is 515 g/mol. The number of fused-ring (bicyclic) bond motifs is 10. The van der Waals surface area contributed by atoms with Gasteiger partial charge >= 0.3 is 196 Å². The predicted molar refractivity (Wildman–Crippen MR) is 136 cm³/mol. The van der Waals surface area contributed by atoms with Crippen molar-refractivity contribution in [1.29, 1.82) is 0 Å². The molecule has 10 aliphatic heterocycles. The first-order valence-corrected chi connectivity index (χ1v) is 21.1. The molecule has 1 aliphatic carbocycles. The minimum absolute atomic E-state index is 0.374. The Morgan fingerprint density at radius 3 is 2.00 bits per heavy atom. The third-order valence-electron chi connectivity index (χ3n) is 19.2. The molecule has 0 bridgehead atoms. The van der Waals surface area contributed by atoms with Gasteiger partial charge in [-0.1, -0.05) is 0 Å². The van der Waals surface area contributed by atoms with Gasteiger partial charge in [-0.25, -0.2) is 0 Å². The van der Waals surface area contributed by atoms with E-state index in [0.717, 1.165) is 28.2 Å². The summed E-state index contributed by atoms with van der Waals surface area (Å²) in [6.45, 7) is -3.84. The molecule has 3 aromatic rings. The third kappa shape index (κ3) is 0.365. The summed E-state index contributed by atoms with van der Waals surface area (Å²) in [6.07, 6.45) is 11.3. The number of oxazole rings is 1. The molecule has 35 heavy (non-hydrogen) atoms. The van der Waals surface area contributed by atoms with Crippen LogP contribution in [0.15, 0.2) is 89.6 Å². The van der Waals surface area contributed by atoms with Crippen molar-refractivity contribution in [2.24, 2.45) is 0 Å². The fourth-order valence-corrected chi connectivity index (χ4v) is 110. The molecule has 4 unspecified atom stereocenters. The normalized spacial score (nSPS) is 68.1. The van der Waals surface area contributed by atoms with Crippen molar-refractivity contribution in [1.82, 2.24) is 4.98 Å². The Morgan fingerprint density at radius 2 is 1.46 bits per heavy atom. The van der Waals surface area contributed by atoms with Gasteiger partial charge in [0.25, 0.3) is 0 Å². The topological polar surface area (TPSA) is 26.0 Å². The maximum absolute atomic E-state index is 6.75. The van der Waals surface area contributed by atoms with Gasteiger partial charge in [0.2, 0.25) is 0 Å². The van der Waals surface area contributed by atoms with Gasteiger partial charge in [-0.15, -0.1) is 0 Å². The summed E-state index contributed by atoms with van der Waals surface area (Å²) in [5.74, 6) is 1.26. The fraction of sp³-hybridized carbons (Fsp3) is 0.387. The first-order chi connectivity index (χ1) is 17.1. The van der Waals surface area contributed by atoms with Crippen LogP contribution in [0, 0.1) is 0 Å². The molecule has 0 amide bonds. The van der Waals surface area contributed by atoms with Crippen LogP contribution in [0.1, 0.15) is 24.4 Å². The predicted octanol–water partition coefficient (Wildman–Crippen LogP) is 7.24. The van der Waals surface area contributed by atoms with E-state index < -0.39 is 6.51 Å². The molecular weight excluding hydrogens is 489 g/mol. The first-order valence-electron chi connectivity index (χ1n) is 13.5. The van der Waals surface area contributed by atoms with E-state index in [1.165, 1.54) is 40.4 Å². The zero-order valence-corrected chi connectivity index (χ0v) is 21.3. The number of benzene rings is 2. The van der Waals surface area contributed by atoms with Crippen molar-refractivity contribution in [3.8, 4) is 0 Å². The van der Waals surface area contributed by atoms with Crippen molar-refractivity contribution in [2.45, 2.75) is 59.7 Å². The second-order valence-electron chi connectivity index (χ2n) is 15.4. The zero-order valence-electron chi connectivity index (χ0n) is 19.3. The molecule has 5 atom stereocenters. The van der Waals surface area contributed by atoms with Gasteiger partial charge in [0.05, 0.1) is 0 Å². The van der Waals surface area contributed by atoms with Crippen LogP contribution in [-0.2, 0) is 10.8 Å². The molecule has 2 nitrogen and oxygen atoms in total. The SMILES string of the molecule is C1=CC(c2coc([C]34[CH]5[CH]6[CH]7[C@]3(P(c3ccccc3)c3ccccc3)[Fe]6574389%10[CH]4[CH]3[CH]8[CH]9[CH]4%10)n2)=CCC1. The molecular formula is C31H26FeNOP. The number of rotatable bonds is 5. The van der Waals surface area contributed by atoms with Gasteiger partial charge < -0.3 is 0 Å². The Balaban J connectivity index is 1.12. The van der Waals surface area contributed by atoms with Crippen LogP contribution in [-0.4, -0.2) is 9.04 Å². The summed E-state index contributed by atoms with van der Waals surface area (Å²) in [5, 5.41) is 3.29. The Morgan fingerprint density at radius 1 is 0.800 bits per heavy atom. The molecule has 11 heterocycles. The summed E-state index contributed by atoms with van der Waals surface area (Å²) in [5.41, 5.74) is 2.41. The molecule has 2 aromatic carbocycles. The molecule has 11 aliphatic rings. The number of allylic oxidation sites excluding steroid dienone is 4. The summed E-state index contributed by atoms with van der Waals surface area (Å²) in [4.78, 5) is 15.0. The van der Waals surface area contributed by atoms with E-state index in [1.54, 1.807) is 10.6 Å². The van der Waals surface area contributed by atoms with Crippen LogP contribution < -0.4 is 10.6 Å². The standard InChI is InChI=1S/C26H21NOP.C5H5.Fe/c1-4-11-20(12-5-1)24-19-28-26(27-24)23-17-10-18-25(23)29(21-13-6-2-7-14-21)22-15-8-3-9-16-22;1-2-4-5-3-1;/h2-4,6-19H,1,5H2;1-5H;. The molecule has 0 saturated carbocycles. The van der Waals surface area contributed by atoms with Crippen LogP contribution in [0.25, 0.3) is 5.57 Å².